The third-order valence-electron chi connectivity index (χ3n) is 2.41. The molecular formula is C12H27N3O. The van der Waals surface area contributed by atoms with Crippen LogP contribution in [0.3, 0.4) is 0 Å². The molecule has 0 aromatic carbocycles. The highest BCUT2D eigenvalue weighted by atomic mass is 16.5. The third-order valence-corrected chi connectivity index (χ3v) is 2.41. The van der Waals surface area contributed by atoms with Gasteiger partial charge in [-0.05, 0) is 26.2 Å². The van der Waals surface area contributed by atoms with Crippen LogP contribution in [0.4, 0.5) is 0 Å². The highest BCUT2D eigenvalue weighted by Gasteiger charge is 2.12. The van der Waals surface area contributed by atoms with Gasteiger partial charge < -0.3 is 15.4 Å². The molecule has 0 aliphatic heterocycles. The van der Waals surface area contributed by atoms with E-state index in [-0.39, 0.29) is 0 Å². The molecule has 0 fully saturated rings. The maximum Gasteiger partial charge on any atom is 0.190 e. The lowest BCUT2D eigenvalue weighted by Gasteiger charge is -2.21. The molecule has 0 aromatic heterocycles. The highest BCUT2D eigenvalue weighted by Crippen LogP contribution is 2.09. The van der Waals surface area contributed by atoms with Crippen LogP contribution in [-0.4, -0.2) is 38.8 Å². The molecule has 0 heterocycles. The van der Waals surface area contributed by atoms with Crippen LogP contribution >= 0.6 is 0 Å². The van der Waals surface area contributed by atoms with Crippen LogP contribution in [0.5, 0.6) is 0 Å². The van der Waals surface area contributed by atoms with Crippen LogP contribution in [0.15, 0.2) is 4.99 Å². The molecule has 0 aliphatic carbocycles. The summed E-state index contributed by atoms with van der Waals surface area (Å²) in [7, 11) is 1.79. The van der Waals surface area contributed by atoms with Gasteiger partial charge in [-0.25, -0.2) is 0 Å². The molecule has 96 valence electrons. The molecule has 0 saturated heterocycles. The van der Waals surface area contributed by atoms with Gasteiger partial charge in [-0.3, -0.25) is 4.99 Å². The lowest BCUT2D eigenvalue weighted by atomic mass is 10.0. The van der Waals surface area contributed by atoms with E-state index in [4.69, 9.17) is 4.74 Å². The van der Waals surface area contributed by atoms with Crippen molar-refractivity contribution < 1.29 is 4.74 Å². The van der Waals surface area contributed by atoms with E-state index in [0.29, 0.717) is 12.0 Å². The summed E-state index contributed by atoms with van der Waals surface area (Å²) in [6.07, 6.45) is 1.34. The first kappa shape index (κ1) is 15.2. The second kappa shape index (κ2) is 9.46. The fraction of sp³-hybridized carbons (Fsp3) is 0.917. The van der Waals surface area contributed by atoms with Gasteiger partial charge in [0, 0.05) is 26.7 Å². The van der Waals surface area contributed by atoms with Crippen molar-refractivity contribution in [2.75, 3.05) is 26.7 Å². The lowest BCUT2D eigenvalue weighted by Crippen LogP contribution is -2.39. The first-order valence-corrected chi connectivity index (χ1v) is 6.21. The second-order valence-electron chi connectivity index (χ2n) is 4.06. The van der Waals surface area contributed by atoms with Gasteiger partial charge >= 0.3 is 0 Å². The largest absolute Gasteiger partial charge is 0.378 e. The minimum atomic E-state index is 0.331. The number of nitrogens with zero attached hydrogens (tertiary/aromatic N) is 1. The number of nitrogens with one attached hydrogen (secondary N) is 2. The fourth-order valence-electron chi connectivity index (χ4n) is 1.54. The minimum absolute atomic E-state index is 0.331. The zero-order valence-corrected chi connectivity index (χ0v) is 11.3. The van der Waals surface area contributed by atoms with Crippen molar-refractivity contribution >= 4 is 5.96 Å². The van der Waals surface area contributed by atoms with Crippen LogP contribution in [-0.2, 0) is 4.74 Å². The summed E-state index contributed by atoms with van der Waals surface area (Å²) in [4.78, 5) is 4.12. The quantitative estimate of drug-likeness (QED) is 0.515. The average molecular weight is 229 g/mol. The molecule has 2 N–H and O–H groups in total. The maximum absolute atomic E-state index is 5.68. The molecule has 1 unspecified atom stereocenters. The van der Waals surface area contributed by atoms with Crippen LogP contribution in [0, 0.1) is 5.92 Å². The first-order chi connectivity index (χ1) is 7.65. The molecule has 0 radical (unpaired) electrons. The number of hydrogen-bond acceptors (Lipinski definition) is 2. The molecule has 0 amide bonds. The van der Waals surface area contributed by atoms with E-state index in [1.54, 1.807) is 7.05 Å². The molecule has 16 heavy (non-hydrogen) atoms. The summed E-state index contributed by atoms with van der Waals surface area (Å²) in [5, 5.41) is 6.44. The zero-order valence-electron chi connectivity index (χ0n) is 11.3. The fourth-order valence-corrected chi connectivity index (χ4v) is 1.54. The molecule has 0 spiro atoms. The molecule has 0 rings (SSSR count). The Morgan fingerprint density at radius 2 is 1.94 bits per heavy atom. The molecule has 4 nitrogen and oxygen atoms in total. The van der Waals surface area contributed by atoms with Gasteiger partial charge in [0.05, 0.1) is 6.10 Å². The van der Waals surface area contributed by atoms with Gasteiger partial charge in [0.2, 0.25) is 0 Å². The van der Waals surface area contributed by atoms with E-state index < -0.39 is 0 Å². The standard InChI is InChI=1S/C12H27N3O/c1-6-14-12(13-5)15-9-8-11(10(3)4)16-7-2/h10-11H,6-9H2,1-5H3,(H2,13,14,15). The van der Waals surface area contributed by atoms with Crippen molar-refractivity contribution in [1.82, 2.24) is 10.6 Å². The van der Waals surface area contributed by atoms with E-state index >= 15 is 0 Å². The predicted octanol–water partition coefficient (Wildman–Crippen LogP) is 1.62. The summed E-state index contributed by atoms with van der Waals surface area (Å²) >= 11 is 0. The Bertz CT molecular complexity index is 193. The van der Waals surface area contributed by atoms with Gasteiger partial charge in [-0.1, -0.05) is 13.8 Å². The maximum atomic E-state index is 5.68. The number of rotatable bonds is 7. The molecular weight excluding hydrogens is 202 g/mol. The number of guanidine groups is 1. The van der Waals surface area contributed by atoms with E-state index in [1.807, 2.05) is 6.92 Å². The monoisotopic (exact) mass is 229 g/mol. The normalized spacial score (nSPS) is 14.0. The van der Waals surface area contributed by atoms with E-state index in [0.717, 1.165) is 32.1 Å². The molecule has 0 aliphatic rings. The Morgan fingerprint density at radius 1 is 1.25 bits per heavy atom. The topological polar surface area (TPSA) is 45.7 Å². The second-order valence-corrected chi connectivity index (χ2v) is 4.06. The van der Waals surface area contributed by atoms with Crippen LogP contribution in [0.1, 0.15) is 34.1 Å². The van der Waals surface area contributed by atoms with Crippen LogP contribution < -0.4 is 10.6 Å². The zero-order chi connectivity index (χ0) is 12.4. The smallest absolute Gasteiger partial charge is 0.190 e. The Hall–Kier alpha value is -0.770. The number of aliphatic imine (C=N–C) groups is 1. The van der Waals surface area contributed by atoms with Crippen molar-refractivity contribution in [2.24, 2.45) is 10.9 Å². The molecule has 4 heteroatoms. The van der Waals surface area contributed by atoms with Gasteiger partial charge in [0.15, 0.2) is 5.96 Å². The Labute approximate surface area is 99.9 Å². The van der Waals surface area contributed by atoms with Gasteiger partial charge in [-0.15, -0.1) is 0 Å². The Balaban J connectivity index is 3.84. The number of ether oxygens (including phenoxy) is 1. The third kappa shape index (κ3) is 6.67. The molecule has 0 aromatic rings. The van der Waals surface area contributed by atoms with Crippen molar-refractivity contribution in [1.29, 1.82) is 0 Å². The summed E-state index contributed by atoms with van der Waals surface area (Å²) < 4.78 is 5.68. The highest BCUT2D eigenvalue weighted by molar-refractivity contribution is 5.79. The van der Waals surface area contributed by atoms with Crippen molar-refractivity contribution in [2.45, 2.75) is 40.2 Å². The Kier molecular flexibility index (Phi) is 9.00. The average Bonchev–Trinajstić information content (AvgIpc) is 2.26. The van der Waals surface area contributed by atoms with E-state index in [9.17, 15) is 0 Å². The summed E-state index contributed by atoms with van der Waals surface area (Å²) in [5.41, 5.74) is 0. The molecule has 0 bridgehead atoms. The van der Waals surface area contributed by atoms with Crippen molar-refractivity contribution in [3.63, 3.8) is 0 Å². The van der Waals surface area contributed by atoms with Gasteiger partial charge in [0.1, 0.15) is 0 Å². The van der Waals surface area contributed by atoms with E-state index in [2.05, 4.69) is 36.4 Å². The number of hydrogen-bond donors (Lipinski definition) is 2. The van der Waals surface area contributed by atoms with Gasteiger partial charge in [-0.2, -0.15) is 0 Å². The lowest BCUT2D eigenvalue weighted by molar-refractivity contribution is 0.0258. The molecule has 0 saturated carbocycles. The SMILES string of the molecule is CCNC(=NC)NCCC(OCC)C(C)C. The summed E-state index contributed by atoms with van der Waals surface area (Å²) in [5.74, 6) is 1.42. The van der Waals surface area contributed by atoms with Crippen LogP contribution in [0.2, 0.25) is 0 Å². The minimum Gasteiger partial charge on any atom is -0.378 e. The predicted molar refractivity (Wildman–Crippen MR) is 69.9 cm³/mol. The summed E-state index contributed by atoms with van der Waals surface area (Å²) in [6.45, 7) is 11.1. The summed E-state index contributed by atoms with van der Waals surface area (Å²) in [6, 6.07) is 0. The van der Waals surface area contributed by atoms with Crippen molar-refractivity contribution in [3.8, 4) is 0 Å². The Morgan fingerprint density at radius 3 is 2.38 bits per heavy atom. The molecule has 1 atom stereocenters. The van der Waals surface area contributed by atoms with Crippen molar-refractivity contribution in [3.05, 3.63) is 0 Å². The van der Waals surface area contributed by atoms with E-state index in [1.165, 1.54) is 0 Å². The van der Waals surface area contributed by atoms with Gasteiger partial charge in [0.25, 0.3) is 0 Å². The van der Waals surface area contributed by atoms with Crippen LogP contribution in [0.25, 0.3) is 0 Å². The first-order valence-electron chi connectivity index (χ1n) is 6.21.